The second-order valence-electron chi connectivity index (χ2n) is 11.8. The van der Waals surface area contributed by atoms with Crippen molar-refractivity contribution in [2.45, 2.75) is 20.8 Å². The lowest BCUT2D eigenvalue weighted by atomic mass is 10.2. The zero-order valence-corrected chi connectivity index (χ0v) is 34.7. The Hall–Kier alpha value is -5.33. The number of nitrogens with two attached hydrogens (primary N) is 1. The molecule has 18 heteroatoms. The second kappa shape index (κ2) is 26.6. The van der Waals surface area contributed by atoms with Crippen molar-refractivity contribution in [2.24, 2.45) is 0 Å². The standard InChI is InChI=1S/C16H21NO6.C12H17NO4.C8H9NO2.C4H7BrO2.H2/c1-3-20-14(18)10-17(11-15(19)21-4-2)12-6-5-7-13-16(12)23-9-8-22-13;14-6-4-13(5-7-15)10-2-1-3-11-12(10)17-9-8-16-11;9-6-2-1-3-7-8(6)11-5-4-10-7;1-2-7-4(6)3-5;/h5-7H,3-4,8-11H2,1-2H3;1-3,14-15H,4-9H2;1-3H,4-5,9H2;2-3H2,1H3;1H. The topological polar surface area (TPSA) is 207 Å². The van der Waals surface area contributed by atoms with Gasteiger partial charge in [-0.15, -0.1) is 0 Å². The number of nitrogen functional groups attached to an aromatic ring is 1. The van der Waals surface area contributed by atoms with Crippen molar-refractivity contribution in [3.63, 3.8) is 0 Å². The number of rotatable bonds is 14. The molecule has 0 saturated heterocycles. The highest BCUT2D eigenvalue weighted by Crippen LogP contribution is 2.40. The third-order valence-electron chi connectivity index (χ3n) is 7.77. The lowest BCUT2D eigenvalue weighted by molar-refractivity contribution is -0.143. The molecule has 3 aliphatic heterocycles. The molecule has 6 rings (SSSR count). The van der Waals surface area contributed by atoms with Crippen molar-refractivity contribution in [1.82, 2.24) is 0 Å². The molecule has 0 aromatic heterocycles. The Morgan fingerprint density at radius 3 is 1.38 bits per heavy atom. The normalized spacial score (nSPS) is 12.7. The lowest BCUT2D eigenvalue weighted by Gasteiger charge is -2.28. The fraction of sp³-hybridized carbons (Fsp3) is 0.475. The summed E-state index contributed by atoms with van der Waals surface area (Å²) in [7, 11) is 0. The maximum Gasteiger partial charge on any atom is 0.325 e. The largest absolute Gasteiger partial charge is 0.486 e. The van der Waals surface area contributed by atoms with E-state index < -0.39 is 11.9 Å². The number of aliphatic hydroxyl groups excluding tert-OH is 2. The Bertz CT molecular complexity index is 1700. The molecule has 0 saturated carbocycles. The molecular weight excluding hydrogens is 826 g/mol. The number of carbonyl (C=O) groups excluding carboxylic acids is 3. The van der Waals surface area contributed by atoms with Gasteiger partial charge in [0.1, 0.15) is 58.1 Å². The van der Waals surface area contributed by atoms with Gasteiger partial charge >= 0.3 is 17.9 Å². The molecule has 0 amide bonds. The minimum Gasteiger partial charge on any atom is -0.486 e. The number of alkyl halides is 1. The van der Waals surface area contributed by atoms with E-state index in [1.54, 1.807) is 49.9 Å². The van der Waals surface area contributed by atoms with Gasteiger partial charge < -0.3 is 68.4 Å². The molecule has 0 bridgehead atoms. The van der Waals surface area contributed by atoms with Crippen molar-refractivity contribution >= 4 is 50.9 Å². The van der Waals surface area contributed by atoms with Gasteiger partial charge in [-0.25, -0.2) is 0 Å². The van der Waals surface area contributed by atoms with Crippen LogP contribution in [0.25, 0.3) is 0 Å². The van der Waals surface area contributed by atoms with Crippen LogP contribution in [0.3, 0.4) is 0 Å². The number of aliphatic hydroxyl groups is 2. The third kappa shape index (κ3) is 15.2. The highest BCUT2D eigenvalue weighted by atomic mass is 79.9. The summed E-state index contributed by atoms with van der Waals surface area (Å²) in [6.45, 7) is 10.2. The number of nitrogens with zero attached hydrogens (tertiary/aromatic N) is 2. The minimum absolute atomic E-state index is 0. The Morgan fingerprint density at radius 2 is 0.983 bits per heavy atom. The van der Waals surface area contributed by atoms with E-state index in [0.717, 1.165) is 17.2 Å². The van der Waals surface area contributed by atoms with E-state index in [2.05, 4.69) is 20.7 Å². The third-order valence-corrected chi connectivity index (χ3v) is 8.23. The number of hydrogen-bond acceptors (Lipinski definition) is 17. The summed E-state index contributed by atoms with van der Waals surface area (Å²) in [5.41, 5.74) is 7.73. The number of para-hydroxylation sites is 3. The number of ether oxygens (including phenoxy) is 9. The van der Waals surface area contributed by atoms with Gasteiger partial charge in [0.25, 0.3) is 0 Å². The van der Waals surface area contributed by atoms with E-state index in [1.807, 2.05) is 35.2 Å². The number of benzene rings is 3. The van der Waals surface area contributed by atoms with Crippen molar-refractivity contribution < 1.29 is 68.7 Å². The van der Waals surface area contributed by atoms with Gasteiger partial charge in [-0.2, -0.15) is 0 Å². The predicted molar refractivity (Wildman–Crippen MR) is 221 cm³/mol. The quantitative estimate of drug-likeness (QED) is 0.0909. The minimum atomic E-state index is -0.425. The van der Waals surface area contributed by atoms with Crippen molar-refractivity contribution in [3.05, 3.63) is 54.6 Å². The van der Waals surface area contributed by atoms with Gasteiger partial charge in [-0.05, 0) is 57.2 Å². The molecule has 0 spiro atoms. The molecule has 3 aromatic rings. The molecule has 3 aromatic carbocycles. The van der Waals surface area contributed by atoms with E-state index in [-0.39, 0.29) is 46.9 Å². The van der Waals surface area contributed by atoms with E-state index in [9.17, 15) is 14.4 Å². The summed E-state index contributed by atoms with van der Waals surface area (Å²) in [5.74, 6) is 2.89. The summed E-state index contributed by atoms with van der Waals surface area (Å²) in [5, 5.41) is 18.4. The predicted octanol–water partition coefficient (Wildman–Crippen LogP) is 3.87. The second-order valence-corrected chi connectivity index (χ2v) is 12.4. The lowest BCUT2D eigenvalue weighted by Crippen LogP contribution is -2.37. The van der Waals surface area contributed by atoms with Crippen LogP contribution >= 0.6 is 15.9 Å². The van der Waals surface area contributed by atoms with Gasteiger partial charge in [-0.3, -0.25) is 14.4 Å². The van der Waals surface area contributed by atoms with Crippen molar-refractivity contribution in [2.75, 3.05) is 120 Å². The van der Waals surface area contributed by atoms with E-state index in [0.29, 0.717) is 99.0 Å². The summed E-state index contributed by atoms with van der Waals surface area (Å²) in [6.07, 6.45) is 0. The number of hydrogen-bond donors (Lipinski definition) is 3. The molecular formula is C40H56BrN3O14. The summed E-state index contributed by atoms with van der Waals surface area (Å²) in [6, 6.07) is 16.5. The van der Waals surface area contributed by atoms with E-state index >= 15 is 0 Å². The first-order chi connectivity index (χ1) is 28.2. The van der Waals surface area contributed by atoms with Gasteiger partial charge in [0.2, 0.25) is 0 Å². The monoisotopic (exact) mass is 881 g/mol. The number of anilines is 3. The van der Waals surface area contributed by atoms with E-state index in [4.69, 9.17) is 53.8 Å². The van der Waals surface area contributed by atoms with Crippen molar-refractivity contribution in [1.29, 1.82) is 0 Å². The molecule has 0 atom stereocenters. The van der Waals surface area contributed by atoms with Crippen molar-refractivity contribution in [3.8, 4) is 34.5 Å². The van der Waals surface area contributed by atoms with Crippen LogP contribution in [0, 0.1) is 0 Å². The summed E-state index contributed by atoms with van der Waals surface area (Å²) in [4.78, 5) is 37.3. The van der Waals surface area contributed by atoms with Crippen LogP contribution < -0.4 is 44.0 Å². The van der Waals surface area contributed by atoms with Crippen LogP contribution in [0.4, 0.5) is 17.1 Å². The molecule has 17 nitrogen and oxygen atoms in total. The molecule has 322 valence electrons. The van der Waals surface area contributed by atoms with Crippen LogP contribution in [0.15, 0.2) is 54.6 Å². The molecule has 0 fully saturated rings. The smallest absolute Gasteiger partial charge is 0.325 e. The molecule has 58 heavy (non-hydrogen) atoms. The first-order valence-corrected chi connectivity index (χ1v) is 20.0. The highest BCUT2D eigenvalue weighted by molar-refractivity contribution is 9.09. The van der Waals surface area contributed by atoms with Gasteiger partial charge in [0.15, 0.2) is 34.5 Å². The Labute approximate surface area is 348 Å². The SMILES string of the molecule is CCOC(=O)CBr.CCOC(=O)CN(CC(=O)OCC)c1cccc2c1OCCO2.Nc1cccc2c1OCCO2.OCCN(CCO)c1cccc2c1OCCO2.[HH]. The van der Waals surface area contributed by atoms with Gasteiger partial charge in [0, 0.05) is 14.5 Å². The van der Waals surface area contributed by atoms with Gasteiger partial charge in [-0.1, -0.05) is 34.1 Å². The van der Waals surface area contributed by atoms with Crippen LogP contribution in [0.2, 0.25) is 0 Å². The fourth-order valence-corrected chi connectivity index (χ4v) is 5.62. The van der Waals surface area contributed by atoms with Crippen LogP contribution in [0.5, 0.6) is 34.5 Å². The number of esters is 3. The molecule has 3 aliphatic rings. The van der Waals surface area contributed by atoms with Crippen LogP contribution in [0.1, 0.15) is 22.2 Å². The average Bonchev–Trinajstić information content (AvgIpc) is 3.24. The molecule has 4 N–H and O–H groups in total. The van der Waals surface area contributed by atoms with Crippen LogP contribution in [-0.4, -0.2) is 132 Å². The first-order valence-electron chi connectivity index (χ1n) is 18.9. The Kier molecular flexibility index (Phi) is 21.5. The highest BCUT2D eigenvalue weighted by Gasteiger charge is 2.24. The summed E-state index contributed by atoms with van der Waals surface area (Å²) < 4.78 is 47.3. The van der Waals surface area contributed by atoms with Crippen LogP contribution in [-0.2, 0) is 28.6 Å². The number of fused-ring (bicyclic) bond motifs is 3. The number of carbonyl (C=O) groups is 3. The zero-order chi connectivity index (χ0) is 42.1. The fourth-order valence-electron chi connectivity index (χ4n) is 5.46. The Balaban J connectivity index is 0.000000292. The maximum absolute atomic E-state index is 11.8. The molecule has 0 aliphatic carbocycles. The first kappa shape index (κ1) is 47.0. The average molecular weight is 883 g/mol. The van der Waals surface area contributed by atoms with Gasteiger partial charge in [0.05, 0.1) is 50.1 Å². The zero-order valence-electron chi connectivity index (χ0n) is 33.2. The Morgan fingerprint density at radius 1 is 0.603 bits per heavy atom. The molecule has 0 unspecified atom stereocenters. The molecule has 0 radical (unpaired) electrons. The molecule has 3 heterocycles. The summed E-state index contributed by atoms with van der Waals surface area (Å²) >= 11 is 2.94. The number of halogens is 1. The maximum atomic E-state index is 11.8. The van der Waals surface area contributed by atoms with E-state index in [1.165, 1.54) is 0 Å².